The Kier molecular flexibility index (Phi) is 3.99. The number of aliphatic carboxylic acids is 1. The van der Waals surface area contributed by atoms with Crippen molar-refractivity contribution in [3.63, 3.8) is 0 Å². The molecule has 1 heterocycles. The van der Waals surface area contributed by atoms with Crippen LogP contribution in [-0.2, 0) is 11.2 Å². The van der Waals surface area contributed by atoms with Crippen LogP contribution in [0.15, 0.2) is 12.1 Å². The van der Waals surface area contributed by atoms with E-state index in [2.05, 4.69) is 0 Å². The highest BCUT2D eigenvalue weighted by Crippen LogP contribution is 2.34. The number of ether oxygens (including phenoxy) is 2. The minimum absolute atomic E-state index is 0.0790. The van der Waals surface area contributed by atoms with E-state index in [4.69, 9.17) is 14.6 Å². The maximum absolute atomic E-state index is 12.0. The zero-order valence-electron chi connectivity index (χ0n) is 10.6. The number of thioether (sulfide) groups is 1. The van der Waals surface area contributed by atoms with Gasteiger partial charge in [-0.2, -0.15) is 0 Å². The molecular weight excluding hydrogens is 268 g/mol. The number of Topliss-reactive ketones (excluding diaryl/α,β-unsaturated/α-hetero) is 1. The average Bonchev–Trinajstić information content (AvgIpc) is 2.56. The van der Waals surface area contributed by atoms with Crippen molar-refractivity contribution in [1.29, 1.82) is 0 Å². The molecule has 0 saturated heterocycles. The fraction of sp³-hybridized carbons (Fsp3) is 0.385. The number of carboxylic acids is 1. The molecule has 19 heavy (non-hydrogen) atoms. The van der Waals surface area contributed by atoms with Crippen molar-refractivity contribution in [2.45, 2.75) is 11.7 Å². The van der Waals surface area contributed by atoms with Crippen LogP contribution in [0.2, 0.25) is 0 Å². The maximum atomic E-state index is 12.0. The lowest BCUT2D eigenvalue weighted by Gasteiger charge is -2.13. The largest absolute Gasteiger partial charge is 0.493 e. The minimum Gasteiger partial charge on any atom is -0.493 e. The SMILES string of the molecule is COc1cc2c(cc1OC)C(=O)CS[C@@H](C(=O)O)C2. The second-order valence-corrected chi connectivity index (χ2v) is 5.32. The molecule has 0 aliphatic carbocycles. The number of carbonyl (C=O) groups excluding carboxylic acids is 1. The van der Waals surface area contributed by atoms with Crippen LogP contribution in [0.1, 0.15) is 15.9 Å². The Morgan fingerprint density at radius 2 is 1.95 bits per heavy atom. The molecule has 0 unspecified atom stereocenters. The number of hydrogen-bond donors (Lipinski definition) is 1. The summed E-state index contributed by atoms with van der Waals surface area (Å²) in [6.07, 6.45) is 0.307. The van der Waals surface area contributed by atoms with Gasteiger partial charge in [-0.25, -0.2) is 0 Å². The molecular formula is C13H14O5S. The smallest absolute Gasteiger partial charge is 0.316 e. The van der Waals surface area contributed by atoms with E-state index in [9.17, 15) is 9.59 Å². The highest BCUT2D eigenvalue weighted by atomic mass is 32.2. The van der Waals surface area contributed by atoms with E-state index in [1.807, 2.05) is 0 Å². The van der Waals surface area contributed by atoms with Crippen molar-refractivity contribution >= 4 is 23.5 Å². The molecule has 0 aromatic heterocycles. The molecule has 1 N–H and O–H groups in total. The van der Waals surface area contributed by atoms with E-state index >= 15 is 0 Å². The second-order valence-electron chi connectivity index (χ2n) is 4.13. The number of rotatable bonds is 3. The number of carboxylic acid groups (broad SMARTS) is 1. The summed E-state index contributed by atoms with van der Waals surface area (Å²) in [5.41, 5.74) is 1.22. The lowest BCUT2D eigenvalue weighted by Crippen LogP contribution is -2.18. The van der Waals surface area contributed by atoms with Gasteiger partial charge in [-0.15, -0.1) is 11.8 Å². The molecule has 1 aliphatic heterocycles. The molecule has 102 valence electrons. The van der Waals surface area contributed by atoms with Crippen molar-refractivity contribution in [3.05, 3.63) is 23.3 Å². The summed E-state index contributed by atoms with van der Waals surface area (Å²) in [6, 6.07) is 3.31. The predicted molar refractivity (Wildman–Crippen MR) is 71.5 cm³/mol. The third kappa shape index (κ3) is 2.68. The van der Waals surface area contributed by atoms with Gasteiger partial charge in [0.15, 0.2) is 17.3 Å². The fourth-order valence-electron chi connectivity index (χ4n) is 2.02. The quantitative estimate of drug-likeness (QED) is 0.908. The first-order valence-electron chi connectivity index (χ1n) is 5.69. The lowest BCUT2D eigenvalue weighted by molar-refractivity contribution is -0.136. The van der Waals surface area contributed by atoms with Crippen molar-refractivity contribution in [3.8, 4) is 11.5 Å². The number of carbonyl (C=O) groups is 2. The van der Waals surface area contributed by atoms with Crippen molar-refractivity contribution in [2.24, 2.45) is 0 Å². The standard InChI is InChI=1S/C13H14O5S/c1-17-10-3-7-4-12(13(15)16)19-6-9(14)8(7)5-11(10)18-2/h3,5,12H,4,6H2,1-2H3,(H,15,16)/t12-/m1/s1. The Bertz CT molecular complexity index is 526. The van der Waals surface area contributed by atoms with Gasteiger partial charge in [-0.1, -0.05) is 0 Å². The van der Waals surface area contributed by atoms with Crippen LogP contribution >= 0.6 is 11.8 Å². The summed E-state index contributed by atoms with van der Waals surface area (Å²) in [5, 5.41) is 8.51. The maximum Gasteiger partial charge on any atom is 0.316 e. The van der Waals surface area contributed by atoms with Gasteiger partial charge in [0.1, 0.15) is 5.25 Å². The van der Waals surface area contributed by atoms with E-state index in [0.29, 0.717) is 29.0 Å². The van der Waals surface area contributed by atoms with Gasteiger partial charge in [0.25, 0.3) is 0 Å². The number of benzene rings is 1. The molecule has 5 nitrogen and oxygen atoms in total. The lowest BCUT2D eigenvalue weighted by atomic mass is 9.99. The van der Waals surface area contributed by atoms with E-state index < -0.39 is 11.2 Å². The Morgan fingerprint density at radius 3 is 2.53 bits per heavy atom. The molecule has 6 heteroatoms. The molecule has 0 fully saturated rings. The first-order chi connectivity index (χ1) is 9.06. The summed E-state index contributed by atoms with van der Waals surface area (Å²) >= 11 is 1.15. The van der Waals surface area contributed by atoms with Crippen LogP contribution in [0.3, 0.4) is 0 Å². The number of hydrogen-bond acceptors (Lipinski definition) is 5. The highest BCUT2D eigenvalue weighted by molar-refractivity contribution is 8.01. The molecule has 1 aromatic rings. The van der Waals surface area contributed by atoms with Gasteiger partial charge < -0.3 is 14.6 Å². The summed E-state index contributed by atoms with van der Waals surface area (Å²) in [5.74, 6) is 0.169. The molecule has 1 atom stereocenters. The highest BCUT2D eigenvalue weighted by Gasteiger charge is 2.28. The van der Waals surface area contributed by atoms with E-state index in [1.165, 1.54) is 14.2 Å². The monoisotopic (exact) mass is 282 g/mol. The van der Waals surface area contributed by atoms with Gasteiger partial charge in [-0.05, 0) is 24.1 Å². The van der Waals surface area contributed by atoms with E-state index in [-0.39, 0.29) is 11.5 Å². The number of methoxy groups -OCH3 is 2. The predicted octanol–water partition coefficient (Wildman–Crippen LogP) is 1.63. The first kappa shape index (κ1) is 13.7. The van der Waals surface area contributed by atoms with Crippen LogP contribution in [0.25, 0.3) is 0 Å². The minimum atomic E-state index is -0.902. The molecule has 1 aliphatic rings. The zero-order chi connectivity index (χ0) is 14.0. The molecule has 0 bridgehead atoms. The van der Waals surface area contributed by atoms with Crippen molar-refractivity contribution in [2.75, 3.05) is 20.0 Å². The summed E-state index contributed by atoms with van der Waals surface area (Å²) in [7, 11) is 3.01. The van der Waals surface area contributed by atoms with E-state index in [1.54, 1.807) is 12.1 Å². The zero-order valence-corrected chi connectivity index (χ0v) is 11.5. The van der Waals surface area contributed by atoms with Gasteiger partial charge in [0, 0.05) is 5.56 Å². The van der Waals surface area contributed by atoms with Crippen molar-refractivity contribution in [1.82, 2.24) is 0 Å². The van der Waals surface area contributed by atoms with Gasteiger partial charge in [-0.3, -0.25) is 9.59 Å². The summed E-state index contributed by atoms with van der Waals surface area (Å²) < 4.78 is 10.3. The molecule has 0 spiro atoms. The van der Waals surface area contributed by atoms with Crippen LogP contribution < -0.4 is 9.47 Å². The first-order valence-corrected chi connectivity index (χ1v) is 6.74. The van der Waals surface area contributed by atoms with Crippen LogP contribution in [-0.4, -0.2) is 42.1 Å². The normalized spacial score (nSPS) is 18.4. The molecule has 2 rings (SSSR count). The third-order valence-corrected chi connectivity index (χ3v) is 4.21. The van der Waals surface area contributed by atoms with Gasteiger partial charge >= 0.3 is 5.97 Å². The van der Waals surface area contributed by atoms with Crippen molar-refractivity contribution < 1.29 is 24.2 Å². The third-order valence-electron chi connectivity index (χ3n) is 3.01. The topological polar surface area (TPSA) is 72.8 Å². The van der Waals surface area contributed by atoms with Gasteiger partial charge in [0.2, 0.25) is 0 Å². The van der Waals surface area contributed by atoms with E-state index in [0.717, 1.165) is 11.8 Å². The summed E-state index contributed by atoms with van der Waals surface area (Å²) in [4.78, 5) is 23.1. The Hall–Kier alpha value is -1.69. The Labute approximate surface area is 114 Å². The Balaban J connectivity index is 2.49. The second kappa shape index (κ2) is 5.52. The Morgan fingerprint density at radius 1 is 1.32 bits per heavy atom. The van der Waals surface area contributed by atoms with Gasteiger partial charge in [0.05, 0.1) is 20.0 Å². The number of fused-ring (bicyclic) bond motifs is 1. The van der Waals surface area contributed by atoms with Crippen LogP contribution in [0, 0.1) is 0 Å². The molecule has 0 radical (unpaired) electrons. The number of ketones is 1. The van der Waals surface area contributed by atoms with Crippen LogP contribution in [0.5, 0.6) is 11.5 Å². The molecule has 0 amide bonds. The molecule has 1 aromatic carbocycles. The fourth-order valence-corrected chi connectivity index (χ4v) is 2.97. The summed E-state index contributed by atoms with van der Waals surface area (Å²) in [6.45, 7) is 0. The average molecular weight is 282 g/mol. The molecule has 0 saturated carbocycles. The van der Waals surface area contributed by atoms with Crippen LogP contribution in [0.4, 0.5) is 0 Å².